The van der Waals surface area contributed by atoms with E-state index >= 15 is 0 Å². The maximum atomic E-state index is 12.7. The summed E-state index contributed by atoms with van der Waals surface area (Å²) in [6.45, 7) is 6.74. The molecule has 1 fully saturated rings. The van der Waals surface area contributed by atoms with Crippen molar-refractivity contribution >= 4 is 17.6 Å². The molecule has 146 valence electrons. The van der Waals surface area contributed by atoms with Crippen LogP contribution in [0.2, 0.25) is 5.02 Å². The summed E-state index contributed by atoms with van der Waals surface area (Å²) in [7, 11) is 0. The van der Waals surface area contributed by atoms with E-state index in [9.17, 15) is 4.79 Å². The molecule has 1 atom stereocenters. The minimum atomic E-state index is -0.0252. The summed E-state index contributed by atoms with van der Waals surface area (Å²) in [6, 6.07) is 10.0. The Balaban J connectivity index is 1.59. The van der Waals surface area contributed by atoms with E-state index in [2.05, 4.69) is 27.4 Å². The number of aromatic nitrogens is 2. The topological polar surface area (TPSA) is 53.4 Å². The summed E-state index contributed by atoms with van der Waals surface area (Å²) in [4.78, 5) is 17.0. The van der Waals surface area contributed by atoms with Gasteiger partial charge in [0.15, 0.2) is 0 Å². The Morgan fingerprint density at radius 2 is 2.04 bits per heavy atom. The molecule has 1 aliphatic heterocycles. The molecule has 0 spiro atoms. The van der Waals surface area contributed by atoms with E-state index in [4.69, 9.17) is 11.6 Å². The number of hydrogen-bond acceptors (Lipinski definition) is 3. The first kappa shape index (κ1) is 19.7. The molecule has 1 unspecified atom stereocenters. The Morgan fingerprint density at radius 3 is 2.67 bits per heavy atom. The van der Waals surface area contributed by atoms with Gasteiger partial charge in [-0.3, -0.25) is 9.58 Å². The normalized spacial score (nSPS) is 15.6. The number of nitrogens with one attached hydrogen (secondary N) is 1. The highest BCUT2D eigenvalue weighted by Crippen LogP contribution is 2.25. The van der Waals surface area contributed by atoms with E-state index in [0.29, 0.717) is 26.2 Å². The van der Waals surface area contributed by atoms with Gasteiger partial charge in [-0.2, -0.15) is 5.10 Å². The van der Waals surface area contributed by atoms with E-state index in [0.717, 1.165) is 18.1 Å². The van der Waals surface area contributed by atoms with Gasteiger partial charge in [-0.15, -0.1) is 0 Å². The molecule has 27 heavy (non-hydrogen) atoms. The summed E-state index contributed by atoms with van der Waals surface area (Å²) in [5, 5.41) is 8.07. The third-order valence-electron chi connectivity index (χ3n) is 5.11. The highest BCUT2D eigenvalue weighted by atomic mass is 35.5. The molecule has 1 aliphatic rings. The number of urea groups is 1. The van der Waals surface area contributed by atoms with Gasteiger partial charge in [-0.1, -0.05) is 23.7 Å². The predicted octanol–water partition coefficient (Wildman–Crippen LogP) is 3.41. The maximum Gasteiger partial charge on any atom is 0.317 e. The second-order valence-electron chi connectivity index (χ2n) is 6.85. The molecular weight excluding hydrogens is 362 g/mol. The molecule has 6 nitrogen and oxygen atoms in total. The second-order valence-corrected chi connectivity index (χ2v) is 7.28. The van der Waals surface area contributed by atoms with Crippen molar-refractivity contribution in [2.24, 2.45) is 0 Å². The molecule has 0 aliphatic carbocycles. The van der Waals surface area contributed by atoms with E-state index in [1.165, 1.54) is 18.4 Å². The Labute approximate surface area is 166 Å². The zero-order chi connectivity index (χ0) is 19.1. The molecule has 1 aromatic carbocycles. The van der Waals surface area contributed by atoms with E-state index in [1.807, 2.05) is 40.9 Å². The number of nitrogens with zero attached hydrogens (tertiary/aromatic N) is 4. The number of rotatable bonds is 8. The number of carbonyl (C=O) groups is 1. The molecule has 1 aromatic heterocycles. The largest absolute Gasteiger partial charge is 0.336 e. The van der Waals surface area contributed by atoms with E-state index < -0.39 is 0 Å². The van der Waals surface area contributed by atoms with E-state index in [-0.39, 0.29) is 12.1 Å². The smallest absolute Gasteiger partial charge is 0.317 e. The summed E-state index contributed by atoms with van der Waals surface area (Å²) >= 11 is 6.04. The third-order valence-corrected chi connectivity index (χ3v) is 5.36. The molecule has 0 radical (unpaired) electrons. The molecule has 2 aromatic rings. The Hall–Kier alpha value is -2.05. The third kappa shape index (κ3) is 5.47. The van der Waals surface area contributed by atoms with Crippen molar-refractivity contribution < 1.29 is 4.79 Å². The fraction of sp³-hybridized carbons (Fsp3) is 0.500. The number of hydrogen-bond donors (Lipinski definition) is 1. The van der Waals surface area contributed by atoms with Crippen LogP contribution in [-0.4, -0.2) is 58.3 Å². The molecule has 3 rings (SSSR count). The van der Waals surface area contributed by atoms with Crippen molar-refractivity contribution in [1.29, 1.82) is 0 Å². The minimum Gasteiger partial charge on any atom is -0.336 e. The lowest BCUT2D eigenvalue weighted by atomic mass is 10.1. The first-order valence-corrected chi connectivity index (χ1v) is 10.0. The fourth-order valence-electron chi connectivity index (χ4n) is 3.55. The predicted molar refractivity (Wildman–Crippen MR) is 108 cm³/mol. The fourth-order valence-corrected chi connectivity index (χ4v) is 3.68. The molecule has 2 heterocycles. The van der Waals surface area contributed by atoms with Crippen LogP contribution in [0.25, 0.3) is 0 Å². The van der Waals surface area contributed by atoms with Crippen molar-refractivity contribution in [3.63, 3.8) is 0 Å². The second kappa shape index (κ2) is 9.76. The van der Waals surface area contributed by atoms with Gasteiger partial charge in [-0.25, -0.2) is 4.79 Å². The van der Waals surface area contributed by atoms with Gasteiger partial charge >= 0.3 is 6.03 Å². The van der Waals surface area contributed by atoms with Crippen LogP contribution < -0.4 is 5.32 Å². The molecule has 0 saturated carbocycles. The van der Waals surface area contributed by atoms with Crippen LogP contribution in [0.15, 0.2) is 42.7 Å². The molecule has 2 amide bonds. The lowest BCUT2D eigenvalue weighted by Crippen LogP contribution is -2.45. The minimum absolute atomic E-state index is 0.0252. The van der Waals surface area contributed by atoms with Crippen molar-refractivity contribution in [3.05, 3.63) is 53.3 Å². The number of likely N-dealkylation sites (N-methyl/N-ethyl adjacent to an activating group) is 1. The van der Waals surface area contributed by atoms with Gasteiger partial charge in [0.1, 0.15) is 0 Å². The van der Waals surface area contributed by atoms with E-state index in [1.54, 1.807) is 6.20 Å². The standard InChI is InChI=1S/C20H28ClN5O/c1-2-24(14-15-26-13-5-10-23-26)20(27)22-16-19(25-11-3-4-12-25)17-6-8-18(21)9-7-17/h5-10,13,19H,2-4,11-12,14-16H2,1H3,(H,22,27). The summed E-state index contributed by atoms with van der Waals surface area (Å²) < 4.78 is 1.84. The highest BCUT2D eigenvalue weighted by molar-refractivity contribution is 6.30. The average Bonchev–Trinajstić information content (AvgIpc) is 3.38. The lowest BCUT2D eigenvalue weighted by molar-refractivity contribution is 0.188. The van der Waals surface area contributed by atoms with Gasteiger partial charge in [0.2, 0.25) is 0 Å². The number of benzene rings is 1. The van der Waals surface area contributed by atoms with Crippen molar-refractivity contribution in [3.8, 4) is 0 Å². The first-order chi connectivity index (χ1) is 13.2. The van der Waals surface area contributed by atoms with Crippen LogP contribution in [0.4, 0.5) is 4.79 Å². The molecular formula is C20H28ClN5O. The van der Waals surface area contributed by atoms with Crippen LogP contribution in [0, 0.1) is 0 Å². The monoisotopic (exact) mass is 389 g/mol. The van der Waals surface area contributed by atoms with Crippen LogP contribution >= 0.6 is 11.6 Å². The summed E-state index contributed by atoms with van der Waals surface area (Å²) in [5.41, 5.74) is 1.20. The van der Waals surface area contributed by atoms with Crippen molar-refractivity contribution in [2.75, 3.05) is 32.7 Å². The maximum absolute atomic E-state index is 12.7. The Bertz CT molecular complexity index is 698. The van der Waals surface area contributed by atoms with Crippen molar-refractivity contribution in [2.45, 2.75) is 32.4 Å². The van der Waals surface area contributed by atoms with Crippen LogP contribution in [0.1, 0.15) is 31.4 Å². The molecule has 7 heteroatoms. The van der Waals surface area contributed by atoms with Gasteiger partial charge in [-0.05, 0) is 56.6 Å². The quantitative estimate of drug-likeness (QED) is 0.752. The van der Waals surface area contributed by atoms with Gasteiger partial charge in [0.05, 0.1) is 12.6 Å². The zero-order valence-corrected chi connectivity index (χ0v) is 16.6. The van der Waals surface area contributed by atoms with Crippen molar-refractivity contribution in [1.82, 2.24) is 24.9 Å². The van der Waals surface area contributed by atoms with Crippen LogP contribution in [0.3, 0.4) is 0 Å². The SMILES string of the molecule is CCN(CCn1cccn1)C(=O)NCC(c1ccc(Cl)cc1)N1CCCC1. The Morgan fingerprint density at radius 1 is 1.30 bits per heavy atom. The number of amides is 2. The molecule has 1 saturated heterocycles. The van der Waals surface area contributed by atoms with Gasteiger partial charge in [0, 0.05) is 37.1 Å². The van der Waals surface area contributed by atoms with Gasteiger partial charge < -0.3 is 10.2 Å². The number of likely N-dealkylation sites (tertiary alicyclic amines) is 1. The zero-order valence-electron chi connectivity index (χ0n) is 15.9. The summed E-state index contributed by atoms with van der Waals surface area (Å²) in [6.07, 6.45) is 6.09. The number of halogens is 1. The lowest BCUT2D eigenvalue weighted by Gasteiger charge is -2.29. The molecule has 0 bridgehead atoms. The van der Waals surface area contributed by atoms with Crippen LogP contribution in [-0.2, 0) is 6.54 Å². The molecule has 1 N–H and O–H groups in total. The first-order valence-electron chi connectivity index (χ1n) is 9.67. The summed E-state index contributed by atoms with van der Waals surface area (Å²) in [5.74, 6) is 0. The number of carbonyl (C=O) groups excluding carboxylic acids is 1. The average molecular weight is 390 g/mol. The Kier molecular flexibility index (Phi) is 7.12. The van der Waals surface area contributed by atoms with Crippen LogP contribution in [0.5, 0.6) is 0 Å². The van der Waals surface area contributed by atoms with Gasteiger partial charge in [0.25, 0.3) is 0 Å². The highest BCUT2D eigenvalue weighted by Gasteiger charge is 2.24.